The van der Waals surface area contributed by atoms with Crippen molar-refractivity contribution < 1.29 is 9.13 Å². The first-order valence-corrected chi connectivity index (χ1v) is 11.5. The van der Waals surface area contributed by atoms with Crippen LogP contribution in [0, 0.1) is 35.5 Å². The first-order valence-electron chi connectivity index (χ1n) is 11.5. The van der Waals surface area contributed by atoms with Gasteiger partial charge in [0.15, 0.2) is 0 Å². The summed E-state index contributed by atoms with van der Waals surface area (Å²) in [5, 5.41) is 0. The molecule has 148 valence electrons. The van der Waals surface area contributed by atoms with Crippen LogP contribution in [0.2, 0.25) is 0 Å². The largest absolute Gasteiger partial charge is 0.378 e. The molecule has 0 N–H and O–H groups in total. The molecule has 3 aliphatic carbocycles. The number of hydrogen-bond acceptors (Lipinski definition) is 1. The number of halogens is 1. The maximum absolute atomic E-state index is 13.2. The molecule has 0 aromatic carbocycles. The summed E-state index contributed by atoms with van der Waals surface area (Å²) in [6.07, 6.45) is 16.5. The molecule has 3 saturated carbocycles. The predicted molar refractivity (Wildman–Crippen MR) is 107 cm³/mol. The van der Waals surface area contributed by atoms with Crippen LogP contribution in [0.1, 0.15) is 96.8 Å². The Morgan fingerprint density at radius 3 is 1.77 bits per heavy atom. The third-order valence-electron chi connectivity index (χ3n) is 7.16. The van der Waals surface area contributed by atoms with E-state index in [-0.39, 0.29) is 0 Å². The Labute approximate surface area is 160 Å². The predicted octanol–water partition coefficient (Wildman–Crippen LogP) is 6.70. The van der Waals surface area contributed by atoms with Gasteiger partial charge in [0.05, 0.1) is 6.10 Å². The molecule has 26 heavy (non-hydrogen) atoms. The highest BCUT2D eigenvalue weighted by molar-refractivity contribution is 5.09. The molecule has 3 rings (SSSR count). The van der Waals surface area contributed by atoms with Crippen LogP contribution in [0.25, 0.3) is 0 Å². The summed E-state index contributed by atoms with van der Waals surface area (Å²) in [6, 6.07) is 0. The molecular formula is C24H39FO. The van der Waals surface area contributed by atoms with Gasteiger partial charge in [-0.25, -0.2) is 4.39 Å². The molecule has 0 aliphatic heterocycles. The lowest BCUT2D eigenvalue weighted by Gasteiger charge is -2.37. The highest BCUT2D eigenvalue weighted by Crippen LogP contribution is 2.40. The number of unbranched alkanes of at least 4 members (excludes halogenated alkanes) is 1. The Hall–Kier alpha value is -0.550. The molecular weight excluding hydrogens is 323 g/mol. The van der Waals surface area contributed by atoms with Crippen molar-refractivity contribution in [1.29, 1.82) is 0 Å². The summed E-state index contributed by atoms with van der Waals surface area (Å²) >= 11 is 0. The van der Waals surface area contributed by atoms with E-state index in [1.807, 2.05) is 0 Å². The average molecular weight is 363 g/mol. The molecule has 0 unspecified atom stereocenters. The minimum Gasteiger partial charge on any atom is -0.378 e. The van der Waals surface area contributed by atoms with Crippen molar-refractivity contribution in [3.63, 3.8) is 0 Å². The first kappa shape index (κ1) is 20.2. The number of hydrogen-bond donors (Lipinski definition) is 0. The third kappa shape index (κ3) is 6.26. The Bertz CT molecular complexity index is 441. The highest BCUT2D eigenvalue weighted by Gasteiger charge is 2.30. The van der Waals surface area contributed by atoms with Gasteiger partial charge in [0.2, 0.25) is 0 Å². The fourth-order valence-electron chi connectivity index (χ4n) is 5.29. The summed E-state index contributed by atoms with van der Waals surface area (Å²) in [6.45, 7) is 3.19. The maximum atomic E-state index is 13.2. The average Bonchev–Trinajstić information content (AvgIpc) is 2.69. The summed E-state index contributed by atoms with van der Waals surface area (Å²) in [5.41, 5.74) is 0. The minimum atomic E-state index is -0.560. The Balaban J connectivity index is 1.33. The number of rotatable bonds is 5. The molecule has 1 nitrogen and oxygen atoms in total. The lowest BCUT2D eigenvalue weighted by Crippen LogP contribution is -2.28. The first-order chi connectivity index (χ1) is 12.7. The van der Waals surface area contributed by atoms with Gasteiger partial charge in [0.1, 0.15) is 6.17 Å². The normalized spacial score (nSPS) is 38.4. The molecule has 0 saturated heterocycles. The maximum Gasteiger partial charge on any atom is 0.100 e. The molecule has 0 atom stereocenters. The van der Waals surface area contributed by atoms with Gasteiger partial charge in [0.25, 0.3) is 0 Å². The Morgan fingerprint density at radius 1 is 0.731 bits per heavy atom. The summed E-state index contributed by atoms with van der Waals surface area (Å²) in [7, 11) is 0. The van der Waals surface area contributed by atoms with Crippen molar-refractivity contribution >= 4 is 0 Å². The SMILES string of the molecule is CCCCOC1CCC(C2CCC(C#CC3CCC(F)CC3)CC2)CC1. The van der Waals surface area contributed by atoms with E-state index < -0.39 is 6.17 Å². The molecule has 2 heteroatoms. The summed E-state index contributed by atoms with van der Waals surface area (Å²) < 4.78 is 19.2. The quantitative estimate of drug-likeness (QED) is 0.390. The van der Waals surface area contributed by atoms with Crippen molar-refractivity contribution in [2.24, 2.45) is 23.7 Å². The van der Waals surface area contributed by atoms with Crippen molar-refractivity contribution in [1.82, 2.24) is 0 Å². The highest BCUT2D eigenvalue weighted by atomic mass is 19.1. The van der Waals surface area contributed by atoms with Gasteiger partial charge in [0, 0.05) is 18.4 Å². The minimum absolute atomic E-state index is 0.475. The molecule has 0 aromatic rings. The zero-order valence-electron chi connectivity index (χ0n) is 16.9. The second-order valence-electron chi connectivity index (χ2n) is 9.11. The molecule has 0 heterocycles. The molecule has 3 fully saturated rings. The zero-order valence-corrected chi connectivity index (χ0v) is 16.9. The van der Waals surface area contributed by atoms with Crippen LogP contribution in [0.4, 0.5) is 4.39 Å². The molecule has 0 amide bonds. The van der Waals surface area contributed by atoms with E-state index in [0.717, 1.165) is 44.1 Å². The second-order valence-corrected chi connectivity index (χ2v) is 9.11. The topological polar surface area (TPSA) is 9.23 Å². The summed E-state index contributed by atoms with van der Waals surface area (Å²) in [4.78, 5) is 0. The molecule has 3 aliphatic rings. The fourth-order valence-corrected chi connectivity index (χ4v) is 5.29. The molecule has 0 radical (unpaired) electrons. The molecule has 0 aromatic heterocycles. The van der Waals surface area contributed by atoms with E-state index in [9.17, 15) is 4.39 Å². The van der Waals surface area contributed by atoms with E-state index in [0.29, 0.717) is 17.9 Å². The van der Waals surface area contributed by atoms with Crippen molar-refractivity contribution in [3.05, 3.63) is 0 Å². The third-order valence-corrected chi connectivity index (χ3v) is 7.16. The number of alkyl halides is 1. The smallest absolute Gasteiger partial charge is 0.100 e. The Kier molecular flexibility index (Phi) is 8.31. The fraction of sp³-hybridized carbons (Fsp3) is 0.917. The number of ether oxygens (including phenoxy) is 1. The van der Waals surface area contributed by atoms with Crippen LogP contribution in [0.15, 0.2) is 0 Å². The summed E-state index contributed by atoms with van der Waals surface area (Å²) in [5.74, 6) is 10.0. The second kappa shape index (κ2) is 10.7. The van der Waals surface area contributed by atoms with Gasteiger partial charge in [-0.3, -0.25) is 0 Å². The van der Waals surface area contributed by atoms with E-state index in [1.54, 1.807) is 0 Å². The Morgan fingerprint density at radius 2 is 1.23 bits per heavy atom. The van der Waals surface area contributed by atoms with Gasteiger partial charge < -0.3 is 4.74 Å². The van der Waals surface area contributed by atoms with Crippen molar-refractivity contribution in [2.75, 3.05) is 6.61 Å². The van der Waals surface area contributed by atoms with Crippen molar-refractivity contribution in [3.8, 4) is 11.8 Å². The monoisotopic (exact) mass is 362 g/mol. The van der Waals surface area contributed by atoms with Crippen LogP contribution >= 0.6 is 0 Å². The van der Waals surface area contributed by atoms with Gasteiger partial charge in [-0.1, -0.05) is 25.2 Å². The van der Waals surface area contributed by atoms with E-state index in [4.69, 9.17) is 4.74 Å². The zero-order chi connectivity index (χ0) is 18.2. The van der Waals surface area contributed by atoms with Gasteiger partial charge >= 0.3 is 0 Å². The van der Waals surface area contributed by atoms with Crippen LogP contribution < -0.4 is 0 Å². The molecule has 0 spiro atoms. The van der Waals surface area contributed by atoms with E-state index >= 15 is 0 Å². The lowest BCUT2D eigenvalue weighted by atomic mass is 9.70. The van der Waals surface area contributed by atoms with Crippen LogP contribution in [0.3, 0.4) is 0 Å². The van der Waals surface area contributed by atoms with E-state index in [2.05, 4.69) is 18.8 Å². The van der Waals surface area contributed by atoms with Gasteiger partial charge in [-0.15, -0.1) is 0 Å². The van der Waals surface area contributed by atoms with E-state index in [1.165, 1.54) is 64.2 Å². The molecule has 0 bridgehead atoms. The van der Waals surface area contributed by atoms with Crippen LogP contribution in [0.5, 0.6) is 0 Å². The van der Waals surface area contributed by atoms with Gasteiger partial charge in [-0.05, 0) is 95.3 Å². The van der Waals surface area contributed by atoms with Crippen LogP contribution in [-0.4, -0.2) is 18.9 Å². The van der Waals surface area contributed by atoms with Gasteiger partial charge in [-0.2, -0.15) is 0 Å². The standard InChI is InChI=1S/C24H39FO/c1-2-3-18-26-24-16-12-22(13-17-24)21-10-6-19(7-11-21)4-5-20-8-14-23(25)15-9-20/h19-24H,2-3,6-18H2,1H3. The lowest BCUT2D eigenvalue weighted by molar-refractivity contribution is 0.00654. The van der Waals surface area contributed by atoms with Crippen molar-refractivity contribution in [2.45, 2.75) is 109 Å². The van der Waals surface area contributed by atoms with Crippen LogP contribution in [-0.2, 0) is 4.74 Å².